The molecule has 4 nitrogen and oxygen atoms in total. The third kappa shape index (κ3) is 2.54. The topological polar surface area (TPSA) is 40.6 Å². The largest absolute Gasteiger partial charge is 0.333 e. The first-order valence-electron chi connectivity index (χ1n) is 5.59. The fourth-order valence-corrected chi connectivity index (χ4v) is 2.00. The molecule has 1 saturated heterocycles. The second-order valence-electron chi connectivity index (χ2n) is 4.01. The van der Waals surface area contributed by atoms with Gasteiger partial charge in [-0.05, 0) is 12.8 Å². The summed E-state index contributed by atoms with van der Waals surface area (Å²) in [5, 5.41) is 0. The van der Waals surface area contributed by atoms with E-state index in [0.717, 1.165) is 6.42 Å². The van der Waals surface area contributed by atoms with E-state index in [1.807, 2.05) is 6.92 Å². The van der Waals surface area contributed by atoms with Crippen LogP contribution in [0.1, 0.15) is 26.2 Å². The normalized spacial score (nSPS) is 17.1. The van der Waals surface area contributed by atoms with Crippen LogP contribution in [-0.4, -0.2) is 47.8 Å². The summed E-state index contributed by atoms with van der Waals surface area (Å²) in [7, 11) is 1.67. The van der Waals surface area contributed by atoms with Crippen molar-refractivity contribution in [3.05, 3.63) is 0 Å². The molecule has 0 N–H and O–H groups in total. The minimum absolute atomic E-state index is 0.0595. The molecule has 0 aromatic heterocycles. The van der Waals surface area contributed by atoms with Gasteiger partial charge in [0, 0.05) is 20.0 Å². The number of carbonyl (C=O) groups is 2. The Balaban J connectivity index is 2.70. The summed E-state index contributed by atoms with van der Waals surface area (Å²) >= 11 is 0. The molecule has 88 valence electrons. The molecule has 0 radical (unpaired) electrons. The lowest BCUT2D eigenvalue weighted by Gasteiger charge is -2.29. The maximum absolute atomic E-state index is 12.0. The van der Waals surface area contributed by atoms with Crippen LogP contribution >= 0.6 is 0 Å². The molecular formula is C12H18N2O2. The lowest BCUT2D eigenvalue weighted by atomic mass is 10.1. The molecule has 1 atom stereocenters. The molecule has 2 amide bonds. The molecule has 0 bridgehead atoms. The van der Waals surface area contributed by atoms with Crippen LogP contribution in [0.15, 0.2) is 0 Å². The van der Waals surface area contributed by atoms with Crippen molar-refractivity contribution in [2.45, 2.75) is 32.2 Å². The van der Waals surface area contributed by atoms with E-state index in [9.17, 15) is 9.59 Å². The number of amides is 2. The van der Waals surface area contributed by atoms with Crippen LogP contribution in [-0.2, 0) is 9.59 Å². The van der Waals surface area contributed by atoms with Gasteiger partial charge in [0.1, 0.15) is 6.04 Å². The van der Waals surface area contributed by atoms with Crippen molar-refractivity contribution < 1.29 is 9.59 Å². The fourth-order valence-electron chi connectivity index (χ4n) is 2.00. The molecule has 0 aromatic carbocycles. The van der Waals surface area contributed by atoms with Crippen molar-refractivity contribution >= 4 is 11.8 Å². The van der Waals surface area contributed by atoms with Crippen molar-refractivity contribution in [3.63, 3.8) is 0 Å². The first kappa shape index (κ1) is 12.6. The van der Waals surface area contributed by atoms with E-state index in [4.69, 9.17) is 6.42 Å². The van der Waals surface area contributed by atoms with Gasteiger partial charge in [-0.2, -0.15) is 0 Å². The van der Waals surface area contributed by atoms with Crippen LogP contribution in [0.2, 0.25) is 0 Å². The van der Waals surface area contributed by atoms with E-state index in [1.165, 1.54) is 4.90 Å². The molecule has 0 saturated carbocycles. The zero-order chi connectivity index (χ0) is 12.1. The lowest BCUT2D eigenvalue weighted by molar-refractivity contribution is -0.142. The Bertz CT molecular complexity index is 319. The molecule has 1 aliphatic heterocycles. The average Bonchev–Trinajstić information content (AvgIpc) is 2.66. The second-order valence-corrected chi connectivity index (χ2v) is 4.01. The summed E-state index contributed by atoms with van der Waals surface area (Å²) in [6, 6.07) is -0.339. The van der Waals surface area contributed by atoms with Gasteiger partial charge in [0.05, 0.1) is 6.54 Å². The Labute approximate surface area is 96.6 Å². The molecule has 0 aromatic rings. The Hall–Kier alpha value is -1.50. The van der Waals surface area contributed by atoms with Crippen LogP contribution in [0.5, 0.6) is 0 Å². The zero-order valence-electron chi connectivity index (χ0n) is 9.90. The Morgan fingerprint density at radius 1 is 1.69 bits per heavy atom. The summed E-state index contributed by atoms with van der Waals surface area (Å²) < 4.78 is 0. The number of hydrogen-bond acceptors (Lipinski definition) is 2. The highest BCUT2D eigenvalue weighted by Gasteiger charge is 2.32. The molecule has 1 rings (SSSR count). The summed E-state index contributed by atoms with van der Waals surface area (Å²) in [4.78, 5) is 26.8. The van der Waals surface area contributed by atoms with Crippen molar-refractivity contribution in [2.75, 3.05) is 20.1 Å². The van der Waals surface area contributed by atoms with E-state index >= 15 is 0 Å². The van der Waals surface area contributed by atoms with Gasteiger partial charge in [-0.15, -0.1) is 6.42 Å². The van der Waals surface area contributed by atoms with Crippen LogP contribution in [0.3, 0.4) is 0 Å². The standard InChI is InChI=1S/C12H18N2O2/c1-4-8-13(3)12(16)10(5-2)14-9-6-7-11(14)15/h1,10H,5-9H2,2-3H3. The van der Waals surface area contributed by atoms with Crippen LogP contribution in [0, 0.1) is 12.3 Å². The maximum atomic E-state index is 12.0. The third-order valence-electron chi connectivity index (χ3n) is 2.86. The SMILES string of the molecule is C#CCN(C)C(=O)C(CC)N1CCCC1=O. The summed E-state index contributed by atoms with van der Waals surface area (Å²) in [6.07, 6.45) is 7.21. The molecule has 1 heterocycles. The average molecular weight is 222 g/mol. The van der Waals surface area contributed by atoms with Gasteiger partial charge in [0.15, 0.2) is 0 Å². The number of rotatable bonds is 4. The number of carbonyl (C=O) groups excluding carboxylic acids is 2. The van der Waals surface area contributed by atoms with Gasteiger partial charge in [0.25, 0.3) is 0 Å². The molecule has 1 fully saturated rings. The monoisotopic (exact) mass is 222 g/mol. The van der Waals surface area contributed by atoms with Gasteiger partial charge in [0.2, 0.25) is 11.8 Å². The van der Waals surface area contributed by atoms with Gasteiger partial charge in [-0.1, -0.05) is 12.8 Å². The number of hydrogen-bond donors (Lipinski definition) is 0. The number of terminal acetylenes is 1. The Kier molecular flexibility index (Phi) is 4.36. The van der Waals surface area contributed by atoms with E-state index in [-0.39, 0.29) is 24.4 Å². The second kappa shape index (κ2) is 5.55. The smallest absolute Gasteiger partial charge is 0.245 e. The van der Waals surface area contributed by atoms with Crippen molar-refractivity contribution in [3.8, 4) is 12.3 Å². The van der Waals surface area contributed by atoms with E-state index < -0.39 is 0 Å². The molecule has 1 unspecified atom stereocenters. The minimum Gasteiger partial charge on any atom is -0.333 e. The van der Waals surface area contributed by atoms with Gasteiger partial charge < -0.3 is 9.80 Å². The fraction of sp³-hybridized carbons (Fsp3) is 0.667. The van der Waals surface area contributed by atoms with Crippen LogP contribution in [0.25, 0.3) is 0 Å². The van der Waals surface area contributed by atoms with Gasteiger partial charge >= 0.3 is 0 Å². The molecule has 4 heteroatoms. The van der Waals surface area contributed by atoms with E-state index in [0.29, 0.717) is 19.4 Å². The number of likely N-dealkylation sites (tertiary alicyclic amines) is 1. The molecular weight excluding hydrogens is 204 g/mol. The highest BCUT2D eigenvalue weighted by atomic mass is 16.2. The van der Waals surface area contributed by atoms with E-state index in [1.54, 1.807) is 11.9 Å². The lowest BCUT2D eigenvalue weighted by Crippen LogP contribution is -2.47. The predicted molar refractivity (Wildman–Crippen MR) is 61.5 cm³/mol. The minimum atomic E-state index is -0.339. The van der Waals surface area contributed by atoms with E-state index in [2.05, 4.69) is 5.92 Å². The van der Waals surface area contributed by atoms with Crippen LogP contribution in [0.4, 0.5) is 0 Å². The Morgan fingerprint density at radius 2 is 2.38 bits per heavy atom. The molecule has 0 aliphatic carbocycles. The first-order valence-corrected chi connectivity index (χ1v) is 5.59. The molecule has 0 spiro atoms. The first-order chi connectivity index (χ1) is 7.61. The summed E-state index contributed by atoms with van der Waals surface area (Å²) in [5.41, 5.74) is 0. The van der Waals surface area contributed by atoms with Crippen LogP contribution < -0.4 is 0 Å². The third-order valence-corrected chi connectivity index (χ3v) is 2.86. The highest BCUT2D eigenvalue weighted by Crippen LogP contribution is 2.17. The summed E-state index contributed by atoms with van der Waals surface area (Å²) in [6.45, 7) is 2.89. The molecule has 16 heavy (non-hydrogen) atoms. The van der Waals surface area contributed by atoms with Crippen molar-refractivity contribution in [1.82, 2.24) is 9.80 Å². The predicted octanol–water partition coefficient (Wildman–Crippen LogP) is 0.479. The quantitative estimate of drug-likeness (QED) is 0.649. The van der Waals surface area contributed by atoms with Gasteiger partial charge in [-0.3, -0.25) is 9.59 Å². The zero-order valence-corrected chi connectivity index (χ0v) is 9.90. The number of likely N-dealkylation sites (N-methyl/N-ethyl adjacent to an activating group) is 1. The number of nitrogens with zero attached hydrogens (tertiary/aromatic N) is 2. The maximum Gasteiger partial charge on any atom is 0.245 e. The highest BCUT2D eigenvalue weighted by molar-refractivity contribution is 5.88. The Morgan fingerprint density at radius 3 is 2.81 bits per heavy atom. The van der Waals surface area contributed by atoms with Gasteiger partial charge in [-0.25, -0.2) is 0 Å². The molecule has 1 aliphatic rings. The summed E-state index contributed by atoms with van der Waals surface area (Å²) in [5.74, 6) is 2.45. The van der Waals surface area contributed by atoms with Crippen molar-refractivity contribution in [1.29, 1.82) is 0 Å². The van der Waals surface area contributed by atoms with Crippen molar-refractivity contribution in [2.24, 2.45) is 0 Å².